The second-order valence-electron chi connectivity index (χ2n) is 5.71. The van der Waals surface area contributed by atoms with Gasteiger partial charge in [-0.3, -0.25) is 9.59 Å². The molecule has 3 N–H and O–H groups in total. The normalized spacial score (nSPS) is 19.3. The van der Waals surface area contributed by atoms with E-state index < -0.39 is 12.0 Å². The predicted octanol–water partition coefficient (Wildman–Crippen LogP) is -0.730. The third-order valence-electron chi connectivity index (χ3n) is 3.33. The van der Waals surface area contributed by atoms with Crippen molar-refractivity contribution in [2.45, 2.75) is 32.0 Å². The van der Waals surface area contributed by atoms with E-state index in [1.165, 1.54) is 6.07 Å². The highest BCUT2D eigenvalue weighted by Crippen LogP contribution is 2.21. The van der Waals surface area contributed by atoms with Gasteiger partial charge in [-0.2, -0.15) is 5.10 Å². The molecule has 1 fully saturated rings. The van der Waals surface area contributed by atoms with Gasteiger partial charge in [0.05, 0.1) is 30.6 Å². The lowest BCUT2D eigenvalue weighted by Crippen LogP contribution is -2.48. The molecule has 0 spiro atoms. The van der Waals surface area contributed by atoms with Crippen molar-refractivity contribution < 1.29 is 14.6 Å². The summed E-state index contributed by atoms with van der Waals surface area (Å²) in [5.41, 5.74) is 5.47. The van der Waals surface area contributed by atoms with Gasteiger partial charge in [-0.1, -0.05) is 0 Å². The number of carboxylic acids is 1. The van der Waals surface area contributed by atoms with Crippen molar-refractivity contribution in [3.8, 4) is 0 Å². The monoisotopic (exact) mass is 296 g/mol. The molecule has 2 heterocycles. The number of anilines is 1. The first-order valence-corrected chi connectivity index (χ1v) is 6.73. The molecule has 116 valence electrons. The summed E-state index contributed by atoms with van der Waals surface area (Å²) in [6.07, 6.45) is 1.55. The van der Waals surface area contributed by atoms with Gasteiger partial charge in [0.2, 0.25) is 0 Å². The third kappa shape index (κ3) is 3.79. The minimum atomic E-state index is -1.16. The van der Waals surface area contributed by atoms with Crippen molar-refractivity contribution in [2.24, 2.45) is 5.73 Å². The minimum absolute atomic E-state index is 0.150. The second kappa shape index (κ2) is 5.82. The highest BCUT2D eigenvalue weighted by atomic mass is 16.5. The van der Waals surface area contributed by atoms with Crippen LogP contribution >= 0.6 is 0 Å². The number of carboxylic acid groups (broad SMARTS) is 1. The molecule has 8 nitrogen and oxygen atoms in total. The zero-order valence-electron chi connectivity index (χ0n) is 12.2. The summed E-state index contributed by atoms with van der Waals surface area (Å²) in [5.74, 6) is -1.16. The maximum atomic E-state index is 12.0. The van der Waals surface area contributed by atoms with Crippen LogP contribution in [0.4, 0.5) is 5.69 Å². The summed E-state index contributed by atoms with van der Waals surface area (Å²) < 4.78 is 6.69. The topological polar surface area (TPSA) is 111 Å². The quantitative estimate of drug-likeness (QED) is 0.753. The van der Waals surface area contributed by atoms with Crippen LogP contribution in [0.3, 0.4) is 0 Å². The molecule has 1 aromatic heterocycles. The number of morpholine rings is 1. The second-order valence-corrected chi connectivity index (χ2v) is 5.71. The Balaban J connectivity index is 2.15. The molecule has 0 bridgehead atoms. The fraction of sp³-hybridized carbons (Fsp3) is 0.615. The summed E-state index contributed by atoms with van der Waals surface area (Å²) in [5, 5.41) is 12.8. The Kier molecular flexibility index (Phi) is 4.29. The summed E-state index contributed by atoms with van der Waals surface area (Å²) >= 11 is 0. The Morgan fingerprint density at radius 3 is 2.90 bits per heavy atom. The van der Waals surface area contributed by atoms with E-state index in [0.29, 0.717) is 25.4 Å². The van der Waals surface area contributed by atoms with Crippen molar-refractivity contribution in [1.82, 2.24) is 9.78 Å². The van der Waals surface area contributed by atoms with Gasteiger partial charge in [-0.25, -0.2) is 4.68 Å². The Bertz CT molecular complexity index is 584. The summed E-state index contributed by atoms with van der Waals surface area (Å²) in [7, 11) is 0. The van der Waals surface area contributed by atoms with E-state index in [2.05, 4.69) is 5.10 Å². The summed E-state index contributed by atoms with van der Waals surface area (Å²) in [4.78, 5) is 24.7. The van der Waals surface area contributed by atoms with Gasteiger partial charge in [0.15, 0.2) is 0 Å². The third-order valence-corrected chi connectivity index (χ3v) is 3.33. The van der Waals surface area contributed by atoms with E-state index in [4.69, 9.17) is 15.6 Å². The fourth-order valence-electron chi connectivity index (χ4n) is 2.24. The molecule has 1 aliphatic rings. The fourth-order valence-corrected chi connectivity index (χ4v) is 2.24. The SMILES string of the molecule is CC1(C)CN(c2cnn(CC(N)C(=O)O)c(=O)c2)CCO1. The first kappa shape index (κ1) is 15.5. The van der Waals surface area contributed by atoms with E-state index >= 15 is 0 Å². The van der Waals surface area contributed by atoms with Crippen LogP contribution in [0.2, 0.25) is 0 Å². The van der Waals surface area contributed by atoms with E-state index in [1.807, 2.05) is 18.7 Å². The molecule has 1 aromatic rings. The first-order valence-electron chi connectivity index (χ1n) is 6.73. The van der Waals surface area contributed by atoms with Crippen LogP contribution in [-0.2, 0) is 16.1 Å². The molecule has 0 aliphatic carbocycles. The van der Waals surface area contributed by atoms with Crippen LogP contribution in [0, 0.1) is 0 Å². The Morgan fingerprint density at radius 1 is 1.62 bits per heavy atom. The average molecular weight is 296 g/mol. The van der Waals surface area contributed by atoms with Crippen molar-refractivity contribution >= 4 is 11.7 Å². The van der Waals surface area contributed by atoms with Crippen LogP contribution < -0.4 is 16.2 Å². The number of hydrogen-bond acceptors (Lipinski definition) is 6. The summed E-state index contributed by atoms with van der Waals surface area (Å²) in [6.45, 7) is 5.75. The van der Waals surface area contributed by atoms with E-state index in [-0.39, 0.29) is 17.7 Å². The standard InChI is InChI=1S/C13H20N4O4/c1-13(2)8-16(3-4-21-13)9-5-11(18)17(15-6-9)7-10(14)12(19)20/h5-6,10H,3-4,7-8,14H2,1-2H3,(H,19,20). The highest BCUT2D eigenvalue weighted by molar-refractivity contribution is 5.72. The zero-order valence-corrected chi connectivity index (χ0v) is 12.2. The highest BCUT2D eigenvalue weighted by Gasteiger charge is 2.27. The molecular formula is C13H20N4O4. The molecule has 0 saturated carbocycles. The van der Waals surface area contributed by atoms with Gasteiger partial charge in [0.25, 0.3) is 5.56 Å². The molecule has 0 radical (unpaired) electrons. The number of carbonyl (C=O) groups is 1. The lowest BCUT2D eigenvalue weighted by Gasteiger charge is -2.39. The van der Waals surface area contributed by atoms with E-state index in [9.17, 15) is 9.59 Å². The maximum Gasteiger partial charge on any atom is 0.322 e. The molecule has 1 atom stereocenters. The zero-order chi connectivity index (χ0) is 15.6. The molecule has 21 heavy (non-hydrogen) atoms. The Labute approximate surface area is 122 Å². The number of rotatable bonds is 4. The van der Waals surface area contributed by atoms with E-state index in [1.54, 1.807) is 6.20 Å². The first-order chi connectivity index (χ1) is 9.78. The Morgan fingerprint density at radius 2 is 2.33 bits per heavy atom. The van der Waals surface area contributed by atoms with Gasteiger partial charge >= 0.3 is 5.97 Å². The molecule has 8 heteroatoms. The van der Waals surface area contributed by atoms with Gasteiger partial charge in [0.1, 0.15) is 6.04 Å². The number of nitrogens with zero attached hydrogens (tertiary/aromatic N) is 3. The van der Waals surface area contributed by atoms with Gasteiger partial charge in [0, 0.05) is 19.2 Å². The molecule has 2 rings (SSSR count). The van der Waals surface area contributed by atoms with Crippen molar-refractivity contribution in [2.75, 3.05) is 24.6 Å². The van der Waals surface area contributed by atoms with Gasteiger partial charge in [-0.15, -0.1) is 0 Å². The lowest BCUT2D eigenvalue weighted by atomic mass is 10.1. The number of aliphatic carboxylic acids is 1. The largest absolute Gasteiger partial charge is 0.480 e. The van der Waals surface area contributed by atoms with Crippen LogP contribution in [0.15, 0.2) is 17.1 Å². The number of aromatic nitrogens is 2. The smallest absolute Gasteiger partial charge is 0.322 e. The van der Waals surface area contributed by atoms with Gasteiger partial charge < -0.3 is 20.5 Å². The molecule has 0 amide bonds. The predicted molar refractivity (Wildman–Crippen MR) is 76.4 cm³/mol. The van der Waals surface area contributed by atoms with Crippen LogP contribution in [0.5, 0.6) is 0 Å². The van der Waals surface area contributed by atoms with Crippen LogP contribution in [0.25, 0.3) is 0 Å². The van der Waals surface area contributed by atoms with Crippen molar-refractivity contribution in [3.63, 3.8) is 0 Å². The number of nitrogens with two attached hydrogens (primary N) is 1. The average Bonchev–Trinajstić information content (AvgIpc) is 2.39. The van der Waals surface area contributed by atoms with Crippen LogP contribution in [-0.4, -0.2) is 52.2 Å². The summed E-state index contributed by atoms with van der Waals surface area (Å²) in [6, 6.07) is 0.298. The number of hydrogen-bond donors (Lipinski definition) is 2. The molecule has 1 unspecified atom stereocenters. The van der Waals surface area contributed by atoms with E-state index in [0.717, 1.165) is 4.68 Å². The minimum Gasteiger partial charge on any atom is -0.480 e. The van der Waals surface area contributed by atoms with Crippen molar-refractivity contribution in [3.05, 3.63) is 22.6 Å². The number of ether oxygens (including phenoxy) is 1. The lowest BCUT2D eigenvalue weighted by molar-refractivity contribution is -0.138. The maximum absolute atomic E-state index is 12.0. The molecule has 0 aromatic carbocycles. The molecule has 1 aliphatic heterocycles. The molecule has 1 saturated heterocycles. The van der Waals surface area contributed by atoms with Gasteiger partial charge in [-0.05, 0) is 13.8 Å². The molecular weight excluding hydrogens is 276 g/mol. The van der Waals surface area contributed by atoms with Crippen molar-refractivity contribution in [1.29, 1.82) is 0 Å². The van der Waals surface area contributed by atoms with Crippen LogP contribution in [0.1, 0.15) is 13.8 Å². The Hall–Kier alpha value is -1.93.